The molecule has 1 N–H and O–H groups in total. The van der Waals surface area contributed by atoms with Crippen LogP contribution in [0, 0.1) is 13.8 Å². The molecule has 186 valence electrons. The van der Waals surface area contributed by atoms with Crippen molar-refractivity contribution in [3.63, 3.8) is 0 Å². The van der Waals surface area contributed by atoms with E-state index in [-0.39, 0.29) is 35.7 Å². The minimum absolute atomic E-state index is 0.0123. The normalized spacial score (nSPS) is 23.2. The van der Waals surface area contributed by atoms with Gasteiger partial charge in [-0.15, -0.1) is 0 Å². The Kier molecular flexibility index (Phi) is 6.74. The van der Waals surface area contributed by atoms with E-state index in [1.54, 1.807) is 13.8 Å². The van der Waals surface area contributed by atoms with E-state index >= 15 is 0 Å². The van der Waals surface area contributed by atoms with Gasteiger partial charge in [-0.3, -0.25) is 9.69 Å². The fourth-order valence-corrected chi connectivity index (χ4v) is 6.78. The number of piperidine rings is 1. The molecule has 12 heteroatoms. The van der Waals surface area contributed by atoms with Crippen LogP contribution in [0.5, 0.6) is 0 Å². The first-order valence-corrected chi connectivity index (χ1v) is 13.1. The lowest BCUT2D eigenvalue weighted by molar-refractivity contribution is -0.137. The van der Waals surface area contributed by atoms with Crippen LogP contribution in [-0.4, -0.2) is 70.7 Å². The lowest BCUT2D eigenvalue weighted by Crippen LogP contribution is -2.52. The molecule has 0 aromatic carbocycles. The SMILES string of the molecule is Cc1nn(-c2ccc(C(F)(F)F)cn2)c(C)c1CC(=O)NC1CS(=O)(=O)CC1N1CCCCC1. The molecule has 2 unspecified atom stereocenters. The van der Waals surface area contributed by atoms with Crippen molar-refractivity contribution in [1.82, 2.24) is 25.0 Å². The molecule has 2 atom stereocenters. The Morgan fingerprint density at radius 1 is 1.15 bits per heavy atom. The van der Waals surface area contributed by atoms with Gasteiger partial charge in [-0.25, -0.2) is 18.1 Å². The minimum atomic E-state index is -4.48. The number of hydrogen-bond donors (Lipinski definition) is 1. The van der Waals surface area contributed by atoms with E-state index in [1.165, 1.54) is 10.7 Å². The van der Waals surface area contributed by atoms with Gasteiger partial charge in [-0.05, 0) is 51.9 Å². The Balaban J connectivity index is 1.48. The minimum Gasteiger partial charge on any atom is -0.350 e. The first-order valence-electron chi connectivity index (χ1n) is 11.3. The van der Waals surface area contributed by atoms with Crippen LogP contribution in [0.15, 0.2) is 18.3 Å². The molecule has 4 rings (SSSR count). The van der Waals surface area contributed by atoms with E-state index in [2.05, 4.69) is 20.3 Å². The lowest BCUT2D eigenvalue weighted by atomic mass is 10.0. The van der Waals surface area contributed by atoms with Crippen LogP contribution >= 0.6 is 0 Å². The van der Waals surface area contributed by atoms with E-state index in [4.69, 9.17) is 0 Å². The number of alkyl halides is 3. The molecule has 0 radical (unpaired) electrons. The molecular weight excluding hydrogens is 471 g/mol. The van der Waals surface area contributed by atoms with E-state index in [0.717, 1.165) is 44.6 Å². The molecule has 1 amide bonds. The van der Waals surface area contributed by atoms with Crippen molar-refractivity contribution >= 4 is 15.7 Å². The Morgan fingerprint density at radius 3 is 2.47 bits per heavy atom. The highest BCUT2D eigenvalue weighted by atomic mass is 32.2. The Hall–Kier alpha value is -2.47. The Bertz CT molecular complexity index is 1160. The summed E-state index contributed by atoms with van der Waals surface area (Å²) in [5, 5.41) is 7.28. The van der Waals surface area contributed by atoms with Gasteiger partial charge in [0.25, 0.3) is 0 Å². The summed E-state index contributed by atoms with van der Waals surface area (Å²) in [4.78, 5) is 19.0. The summed E-state index contributed by atoms with van der Waals surface area (Å²) in [6.45, 7) is 5.10. The summed E-state index contributed by atoms with van der Waals surface area (Å²) < 4.78 is 64.5. The van der Waals surface area contributed by atoms with Crippen molar-refractivity contribution in [1.29, 1.82) is 0 Å². The molecule has 2 aliphatic heterocycles. The molecule has 2 saturated heterocycles. The van der Waals surface area contributed by atoms with E-state index < -0.39 is 27.6 Å². The molecule has 34 heavy (non-hydrogen) atoms. The number of aryl methyl sites for hydroxylation is 1. The van der Waals surface area contributed by atoms with Gasteiger partial charge in [0, 0.05) is 23.5 Å². The first kappa shape index (κ1) is 24.6. The Morgan fingerprint density at radius 2 is 1.85 bits per heavy atom. The number of nitrogens with zero attached hydrogens (tertiary/aromatic N) is 4. The maximum atomic E-state index is 12.9. The number of amides is 1. The maximum Gasteiger partial charge on any atom is 0.417 e. The van der Waals surface area contributed by atoms with Gasteiger partial charge in [-0.2, -0.15) is 18.3 Å². The van der Waals surface area contributed by atoms with Crippen LogP contribution in [-0.2, 0) is 27.2 Å². The second kappa shape index (κ2) is 9.29. The van der Waals surface area contributed by atoms with Gasteiger partial charge in [-0.1, -0.05) is 6.42 Å². The van der Waals surface area contributed by atoms with Crippen molar-refractivity contribution in [2.24, 2.45) is 0 Å². The average Bonchev–Trinajstić information content (AvgIpc) is 3.23. The van der Waals surface area contributed by atoms with E-state index in [1.807, 2.05) is 0 Å². The summed E-state index contributed by atoms with van der Waals surface area (Å²) in [6, 6.07) is 1.48. The number of hydrogen-bond acceptors (Lipinski definition) is 6. The molecule has 0 saturated carbocycles. The lowest BCUT2D eigenvalue weighted by Gasteiger charge is -2.35. The molecule has 2 aromatic rings. The molecule has 8 nitrogen and oxygen atoms in total. The van der Waals surface area contributed by atoms with Crippen LogP contribution in [0.25, 0.3) is 5.82 Å². The number of carbonyl (C=O) groups excluding carboxylic acids is 1. The summed E-state index contributed by atoms with van der Waals surface area (Å²) >= 11 is 0. The zero-order valence-corrected chi connectivity index (χ0v) is 19.9. The second-order valence-electron chi connectivity index (χ2n) is 9.06. The van der Waals surface area contributed by atoms with E-state index in [9.17, 15) is 26.4 Å². The molecule has 2 aliphatic rings. The van der Waals surface area contributed by atoms with Crippen LogP contribution < -0.4 is 5.32 Å². The maximum absolute atomic E-state index is 12.9. The highest BCUT2D eigenvalue weighted by molar-refractivity contribution is 7.91. The predicted octanol–water partition coefficient (Wildman–Crippen LogP) is 2.21. The number of rotatable bonds is 5. The van der Waals surface area contributed by atoms with Gasteiger partial charge >= 0.3 is 6.18 Å². The van der Waals surface area contributed by atoms with Crippen LogP contribution in [0.3, 0.4) is 0 Å². The van der Waals surface area contributed by atoms with Crippen molar-refractivity contribution in [2.75, 3.05) is 24.6 Å². The molecule has 0 spiro atoms. The molecule has 2 aromatic heterocycles. The third-order valence-corrected chi connectivity index (χ3v) is 8.32. The zero-order valence-electron chi connectivity index (χ0n) is 19.1. The van der Waals surface area contributed by atoms with Crippen LogP contribution in [0.2, 0.25) is 0 Å². The third-order valence-electron chi connectivity index (χ3n) is 6.60. The number of carbonyl (C=O) groups is 1. The standard InChI is InChI=1S/C22H28F3N5O3S/c1-14-17(15(2)30(28-14)20-7-6-16(11-26-20)22(23,24)25)10-21(31)27-18-12-34(32,33)13-19(18)29-8-4-3-5-9-29/h6-7,11,18-19H,3-5,8-10,12-13H2,1-2H3,(H,27,31). The highest BCUT2D eigenvalue weighted by Gasteiger charge is 2.42. The molecular formula is C22H28F3N5O3S. The van der Waals surface area contributed by atoms with Crippen LogP contribution in [0.4, 0.5) is 13.2 Å². The quantitative estimate of drug-likeness (QED) is 0.678. The van der Waals surface area contributed by atoms with Crippen molar-refractivity contribution in [3.8, 4) is 5.82 Å². The van der Waals surface area contributed by atoms with Crippen molar-refractivity contribution in [3.05, 3.63) is 40.8 Å². The third kappa shape index (κ3) is 5.27. The Labute approximate surface area is 196 Å². The average molecular weight is 500 g/mol. The number of pyridine rings is 1. The second-order valence-corrected chi connectivity index (χ2v) is 11.2. The number of sulfone groups is 1. The first-order chi connectivity index (χ1) is 15.9. The topological polar surface area (TPSA) is 97.2 Å². The van der Waals surface area contributed by atoms with Crippen molar-refractivity contribution < 1.29 is 26.4 Å². The van der Waals surface area contributed by atoms with Gasteiger partial charge in [0.15, 0.2) is 15.7 Å². The van der Waals surface area contributed by atoms with Gasteiger partial charge < -0.3 is 5.32 Å². The largest absolute Gasteiger partial charge is 0.417 e. The highest BCUT2D eigenvalue weighted by Crippen LogP contribution is 2.29. The van der Waals surface area contributed by atoms with Gasteiger partial charge in [0.2, 0.25) is 5.91 Å². The smallest absolute Gasteiger partial charge is 0.350 e. The predicted molar refractivity (Wildman–Crippen MR) is 119 cm³/mol. The summed E-state index contributed by atoms with van der Waals surface area (Å²) in [5.41, 5.74) is 0.925. The summed E-state index contributed by atoms with van der Waals surface area (Å²) in [7, 11) is -3.24. The fraction of sp³-hybridized carbons (Fsp3) is 0.591. The number of aromatic nitrogens is 3. The zero-order chi connectivity index (χ0) is 24.7. The molecule has 0 aliphatic carbocycles. The number of likely N-dealkylation sites (tertiary alicyclic amines) is 1. The number of nitrogens with one attached hydrogen (secondary N) is 1. The molecule has 4 heterocycles. The summed E-state index contributed by atoms with van der Waals surface area (Å²) in [5.74, 6) is -0.123. The van der Waals surface area contributed by atoms with Gasteiger partial charge in [0.1, 0.15) is 0 Å². The van der Waals surface area contributed by atoms with E-state index in [0.29, 0.717) is 17.0 Å². The fourth-order valence-electron chi connectivity index (χ4n) is 4.83. The van der Waals surface area contributed by atoms with Gasteiger partial charge in [0.05, 0.1) is 35.2 Å². The van der Waals surface area contributed by atoms with Crippen LogP contribution in [0.1, 0.15) is 41.8 Å². The monoisotopic (exact) mass is 499 g/mol. The van der Waals surface area contributed by atoms with Crippen molar-refractivity contribution in [2.45, 2.75) is 57.8 Å². The molecule has 0 bridgehead atoms. The number of halogens is 3. The summed E-state index contributed by atoms with van der Waals surface area (Å²) in [6.07, 6.45) is -0.576. The molecule has 2 fully saturated rings.